The Morgan fingerprint density at radius 3 is 2.63 bits per heavy atom. The van der Waals surface area contributed by atoms with Gasteiger partial charge in [-0.2, -0.15) is 0 Å². The minimum absolute atomic E-state index is 0.183. The molecule has 0 spiro atoms. The molecule has 0 aromatic heterocycles. The minimum Gasteiger partial charge on any atom is -0.322 e. The van der Waals surface area contributed by atoms with Gasteiger partial charge in [-0.05, 0) is 46.3 Å². The molecule has 0 aliphatic heterocycles. The molecule has 1 amide bonds. The van der Waals surface area contributed by atoms with Gasteiger partial charge in [-0.15, -0.1) is 0 Å². The molecule has 0 atom stereocenters. The molecule has 0 radical (unpaired) electrons. The van der Waals surface area contributed by atoms with E-state index in [1.165, 1.54) is 18.2 Å². The fraction of sp³-hybridized carbons (Fsp3) is 0. The summed E-state index contributed by atoms with van der Waals surface area (Å²) in [6, 6.07) is 8.95. The molecule has 0 aliphatic carbocycles. The van der Waals surface area contributed by atoms with Crippen LogP contribution in [0.3, 0.4) is 0 Å². The van der Waals surface area contributed by atoms with Crippen molar-refractivity contribution in [2.75, 3.05) is 5.32 Å². The molecule has 0 heterocycles. The predicted octanol–water partition coefficient (Wildman–Crippen LogP) is 5.15. The largest absolute Gasteiger partial charge is 0.322 e. The summed E-state index contributed by atoms with van der Waals surface area (Å²) in [6.07, 6.45) is 0. The van der Waals surface area contributed by atoms with Crippen LogP contribution in [0, 0.1) is 5.82 Å². The van der Waals surface area contributed by atoms with Crippen LogP contribution in [0.15, 0.2) is 40.9 Å². The molecule has 1 N–H and O–H groups in total. The molecule has 2 aromatic rings. The highest BCUT2D eigenvalue weighted by atomic mass is 79.9. The van der Waals surface area contributed by atoms with Crippen molar-refractivity contribution in [2.45, 2.75) is 0 Å². The lowest BCUT2D eigenvalue weighted by molar-refractivity contribution is 0.102. The number of nitrogens with one attached hydrogen (secondary N) is 1. The van der Waals surface area contributed by atoms with Gasteiger partial charge < -0.3 is 5.32 Å². The van der Waals surface area contributed by atoms with Crippen molar-refractivity contribution < 1.29 is 9.18 Å². The van der Waals surface area contributed by atoms with Crippen LogP contribution in [-0.4, -0.2) is 5.91 Å². The number of benzene rings is 2. The van der Waals surface area contributed by atoms with Gasteiger partial charge in [0.15, 0.2) is 0 Å². The maximum Gasteiger partial charge on any atom is 0.257 e. The fourth-order valence-electron chi connectivity index (χ4n) is 1.45. The van der Waals surface area contributed by atoms with Gasteiger partial charge >= 0.3 is 0 Å². The number of carbonyl (C=O) groups excluding carboxylic acids is 1. The number of anilines is 1. The number of amides is 1. The zero-order valence-electron chi connectivity index (χ0n) is 9.38. The molecule has 2 nitrogen and oxygen atoms in total. The Kier molecular flexibility index (Phi) is 4.45. The van der Waals surface area contributed by atoms with Crippen molar-refractivity contribution >= 4 is 50.7 Å². The second kappa shape index (κ2) is 5.90. The molecule has 0 saturated carbocycles. The van der Waals surface area contributed by atoms with Gasteiger partial charge in [-0.3, -0.25) is 4.79 Å². The third kappa shape index (κ3) is 3.26. The Morgan fingerprint density at radius 1 is 1.21 bits per heavy atom. The van der Waals surface area contributed by atoms with Crippen LogP contribution in [0.4, 0.5) is 10.1 Å². The topological polar surface area (TPSA) is 29.1 Å². The Morgan fingerprint density at radius 2 is 1.95 bits per heavy atom. The SMILES string of the molecule is O=C(Nc1ccc(F)c(Br)c1)c1cccc(Cl)c1Cl. The molecular weight excluding hydrogens is 356 g/mol. The van der Waals surface area contributed by atoms with Crippen LogP contribution in [0.5, 0.6) is 0 Å². The minimum atomic E-state index is -0.411. The zero-order chi connectivity index (χ0) is 14.0. The van der Waals surface area contributed by atoms with Crippen molar-refractivity contribution in [1.82, 2.24) is 0 Å². The summed E-state index contributed by atoms with van der Waals surface area (Å²) in [5.41, 5.74) is 0.712. The van der Waals surface area contributed by atoms with E-state index < -0.39 is 11.7 Å². The van der Waals surface area contributed by atoms with E-state index in [0.717, 1.165) is 0 Å². The highest BCUT2D eigenvalue weighted by Crippen LogP contribution is 2.27. The Hall–Kier alpha value is -1.10. The van der Waals surface area contributed by atoms with Gasteiger partial charge in [0, 0.05) is 5.69 Å². The van der Waals surface area contributed by atoms with E-state index in [1.54, 1.807) is 18.2 Å². The van der Waals surface area contributed by atoms with Gasteiger partial charge in [-0.25, -0.2) is 4.39 Å². The van der Waals surface area contributed by atoms with Crippen molar-refractivity contribution in [1.29, 1.82) is 0 Å². The van der Waals surface area contributed by atoms with Crippen molar-refractivity contribution in [3.05, 3.63) is 62.3 Å². The molecule has 2 aromatic carbocycles. The summed E-state index contributed by atoms with van der Waals surface area (Å²) in [5.74, 6) is -0.815. The van der Waals surface area contributed by atoms with Gasteiger partial charge in [0.2, 0.25) is 0 Å². The van der Waals surface area contributed by atoms with Crippen molar-refractivity contribution in [3.8, 4) is 0 Å². The first-order chi connectivity index (χ1) is 8.99. The highest BCUT2D eigenvalue weighted by molar-refractivity contribution is 9.10. The van der Waals surface area contributed by atoms with Gasteiger partial charge in [0.25, 0.3) is 5.91 Å². The first-order valence-corrected chi connectivity index (χ1v) is 6.74. The molecule has 6 heteroatoms. The summed E-state index contributed by atoms with van der Waals surface area (Å²) >= 11 is 14.8. The van der Waals surface area contributed by atoms with Crippen LogP contribution in [0.25, 0.3) is 0 Å². The van der Waals surface area contributed by atoms with Crippen LogP contribution in [0.1, 0.15) is 10.4 Å². The zero-order valence-corrected chi connectivity index (χ0v) is 12.5. The van der Waals surface area contributed by atoms with E-state index in [2.05, 4.69) is 21.2 Å². The lowest BCUT2D eigenvalue weighted by Crippen LogP contribution is -2.12. The summed E-state index contributed by atoms with van der Waals surface area (Å²) < 4.78 is 13.3. The third-order valence-electron chi connectivity index (χ3n) is 2.37. The smallest absolute Gasteiger partial charge is 0.257 e. The number of carbonyl (C=O) groups is 1. The maximum absolute atomic E-state index is 13.1. The number of rotatable bonds is 2. The van der Waals surface area contributed by atoms with Crippen LogP contribution in [0.2, 0.25) is 10.0 Å². The lowest BCUT2D eigenvalue weighted by Gasteiger charge is -2.08. The average Bonchev–Trinajstić information content (AvgIpc) is 2.37. The van der Waals surface area contributed by atoms with E-state index >= 15 is 0 Å². The molecule has 19 heavy (non-hydrogen) atoms. The molecule has 0 bridgehead atoms. The van der Waals surface area contributed by atoms with E-state index in [4.69, 9.17) is 23.2 Å². The Labute approximate surface area is 127 Å². The van der Waals surface area contributed by atoms with Crippen LogP contribution in [-0.2, 0) is 0 Å². The molecule has 2 rings (SSSR count). The van der Waals surface area contributed by atoms with Gasteiger partial charge in [-0.1, -0.05) is 29.3 Å². The van der Waals surface area contributed by atoms with Crippen LogP contribution >= 0.6 is 39.1 Å². The molecule has 0 unspecified atom stereocenters. The number of hydrogen-bond donors (Lipinski definition) is 1. The normalized spacial score (nSPS) is 10.3. The maximum atomic E-state index is 13.1. The summed E-state index contributed by atoms with van der Waals surface area (Å²) in [6.45, 7) is 0. The van der Waals surface area contributed by atoms with Crippen LogP contribution < -0.4 is 5.32 Å². The second-order valence-electron chi connectivity index (χ2n) is 3.68. The standard InChI is InChI=1S/C13H7BrCl2FNO/c14-9-6-7(4-5-11(9)17)18-13(19)8-2-1-3-10(15)12(8)16/h1-6H,(H,18,19). The monoisotopic (exact) mass is 361 g/mol. The van der Waals surface area contributed by atoms with Crippen molar-refractivity contribution in [3.63, 3.8) is 0 Å². The van der Waals surface area contributed by atoms with Gasteiger partial charge in [0.1, 0.15) is 5.82 Å². The van der Waals surface area contributed by atoms with Gasteiger partial charge in [0.05, 0.1) is 20.1 Å². The average molecular weight is 363 g/mol. The number of halogens is 4. The third-order valence-corrected chi connectivity index (χ3v) is 3.80. The highest BCUT2D eigenvalue weighted by Gasteiger charge is 2.13. The van der Waals surface area contributed by atoms with E-state index in [0.29, 0.717) is 10.7 Å². The summed E-state index contributed by atoms with van der Waals surface area (Å²) in [7, 11) is 0. The van der Waals surface area contributed by atoms with Crippen molar-refractivity contribution in [2.24, 2.45) is 0 Å². The molecule has 0 fully saturated rings. The second-order valence-corrected chi connectivity index (χ2v) is 5.32. The summed E-state index contributed by atoms with van der Waals surface area (Å²) in [4.78, 5) is 12.0. The molecular formula is C13H7BrCl2FNO. The Balaban J connectivity index is 2.26. The molecule has 0 aliphatic rings. The van der Waals surface area contributed by atoms with E-state index in [-0.39, 0.29) is 15.1 Å². The lowest BCUT2D eigenvalue weighted by atomic mass is 10.2. The summed E-state index contributed by atoms with van der Waals surface area (Å²) in [5, 5.41) is 3.10. The fourth-order valence-corrected chi connectivity index (χ4v) is 2.22. The number of hydrogen-bond acceptors (Lipinski definition) is 1. The molecule has 98 valence electrons. The predicted molar refractivity (Wildman–Crippen MR) is 78.5 cm³/mol. The first kappa shape index (κ1) is 14.3. The molecule has 0 saturated heterocycles. The first-order valence-electron chi connectivity index (χ1n) is 5.19. The Bertz CT molecular complexity index is 649. The van der Waals surface area contributed by atoms with E-state index in [1.807, 2.05) is 0 Å². The quantitative estimate of drug-likeness (QED) is 0.786. The van der Waals surface area contributed by atoms with E-state index in [9.17, 15) is 9.18 Å².